The molecule has 0 bridgehead atoms. The summed E-state index contributed by atoms with van der Waals surface area (Å²) in [6.45, 7) is 0.319. The minimum atomic E-state index is -0.425. The number of furan rings is 1. The molecule has 0 aliphatic rings. The van der Waals surface area contributed by atoms with Crippen LogP contribution >= 0.6 is 0 Å². The molecule has 1 heterocycles. The van der Waals surface area contributed by atoms with Gasteiger partial charge in [-0.2, -0.15) is 0 Å². The van der Waals surface area contributed by atoms with Crippen molar-refractivity contribution in [2.45, 2.75) is 6.54 Å². The van der Waals surface area contributed by atoms with Crippen molar-refractivity contribution in [2.75, 3.05) is 7.05 Å². The fraction of sp³-hybridized carbons (Fsp3) is 0.143. The topological polar surface area (TPSA) is 74.6 Å². The van der Waals surface area contributed by atoms with E-state index in [-0.39, 0.29) is 5.91 Å². The third kappa shape index (κ3) is 3.61. The van der Waals surface area contributed by atoms with E-state index in [0.29, 0.717) is 17.9 Å². The number of hydrazine groups is 1. The predicted molar refractivity (Wildman–Crippen MR) is 72.6 cm³/mol. The van der Waals surface area contributed by atoms with Crippen LogP contribution in [0, 0.1) is 0 Å². The van der Waals surface area contributed by atoms with Gasteiger partial charge in [0.25, 0.3) is 5.91 Å². The highest BCUT2D eigenvalue weighted by molar-refractivity contribution is 5.95. The number of hydrogen-bond donors (Lipinski definition) is 2. The molecule has 2 aromatic rings. The number of amides is 3. The normalized spacial score (nSPS) is 9.85. The van der Waals surface area contributed by atoms with Crippen molar-refractivity contribution in [1.29, 1.82) is 0 Å². The van der Waals surface area contributed by atoms with Gasteiger partial charge in [0.05, 0.1) is 12.8 Å². The van der Waals surface area contributed by atoms with Gasteiger partial charge < -0.3 is 9.32 Å². The van der Waals surface area contributed by atoms with Crippen LogP contribution in [0.25, 0.3) is 0 Å². The quantitative estimate of drug-likeness (QED) is 0.837. The van der Waals surface area contributed by atoms with Crippen molar-refractivity contribution in [3.63, 3.8) is 0 Å². The van der Waals surface area contributed by atoms with Crippen LogP contribution in [-0.2, 0) is 6.54 Å². The summed E-state index contributed by atoms with van der Waals surface area (Å²) < 4.78 is 5.14. The highest BCUT2D eigenvalue weighted by atomic mass is 16.3. The molecule has 0 fully saturated rings. The van der Waals surface area contributed by atoms with E-state index in [2.05, 4.69) is 10.9 Å². The summed E-state index contributed by atoms with van der Waals surface area (Å²) in [6.07, 6.45) is 1.54. The molecular weight excluding hydrogens is 258 g/mol. The monoisotopic (exact) mass is 273 g/mol. The van der Waals surface area contributed by atoms with E-state index in [4.69, 9.17) is 4.42 Å². The maximum atomic E-state index is 11.8. The van der Waals surface area contributed by atoms with Gasteiger partial charge in [0.15, 0.2) is 0 Å². The van der Waals surface area contributed by atoms with E-state index in [9.17, 15) is 9.59 Å². The molecule has 0 saturated heterocycles. The lowest BCUT2D eigenvalue weighted by Crippen LogP contribution is -2.47. The number of hydrogen-bond acceptors (Lipinski definition) is 3. The zero-order valence-corrected chi connectivity index (χ0v) is 11.0. The maximum absolute atomic E-state index is 11.8. The SMILES string of the molecule is CN(Cc1ccco1)C(=O)NNC(=O)c1ccccc1. The summed E-state index contributed by atoms with van der Waals surface area (Å²) in [6, 6.07) is 11.7. The molecule has 0 saturated carbocycles. The minimum Gasteiger partial charge on any atom is -0.467 e. The molecule has 0 aliphatic heterocycles. The molecule has 3 amide bonds. The van der Waals surface area contributed by atoms with Crippen LogP contribution < -0.4 is 10.9 Å². The number of benzene rings is 1. The summed E-state index contributed by atoms with van der Waals surface area (Å²) >= 11 is 0. The van der Waals surface area contributed by atoms with Crippen molar-refractivity contribution < 1.29 is 14.0 Å². The molecule has 1 aromatic carbocycles. The van der Waals surface area contributed by atoms with Crippen LogP contribution in [0.4, 0.5) is 4.79 Å². The largest absolute Gasteiger partial charge is 0.467 e. The maximum Gasteiger partial charge on any atom is 0.336 e. The lowest BCUT2D eigenvalue weighted by molar-refractivity contribution is 0.0931. The Kier molecular flexibility index (Phi) is 4.39. The van der Waals surface area contributed by atoms with Gasteiger partial charge in [-0.1, -0.05) is 18.2 Å². The molecule has 0 spiro atoms. The lowest BCUT2D eigenvalue weighted by atomic mass is 10.2. The zero-order chi connectivity index (χ0) is 14.4. The van der Waals surface area contributed by atoms with Crippen molar-refractivity contribution >= 4 is 11.9 Å². The van der Waals surface area contributed by atoms with Gasteiger partial charge in [-0.25, -0.2) is 10.2 Å². The third-order valence-corrected chi connectivity index (χ3v) is 2.64. The van der Waals surface area contributed by atoms with E-state index in [1.54, 1.807) is 43.4 Å². The van der Waals surface area contributed by atoms with Gasteiger partial charge in [-0.05, 0) is 24.3 Å². The van der Waals surface area contributed by atoms with Crippen molar-refractivity contribution in [3.8, 4) is 0 Å². The molecule has 2 N–H and O–H groups in total. The van der Waals surface area contributed by atoms with Crippen LogP contribution in [0.1, 0.15) is 16.1 Å². The Morgan fingerprint density at radius 3 is 2.50 bits per heavy atom. The lowest BCUT2D eigenvalue weighted by Gasteiger charge is -2.16. The molecule has 0 radical (unpaired) electrons. The Morgan fingerprint density at radius 1 is 1.10 bits per heavy atom. The number of carbonyl (C=O) groups excluding carboxylic acids is 2. The summed E-state index contributed by atoms with van der Waals surface area (Å²) in [5, 5.41) is 0. The molecule has 1 aromatic heterocycles. The molecule has 0 aliphatic carbocycles. The van der Waals surface area contributed by atoms with Crippen LogP contribution in [0.2, 0.25) is 0 Å². The standard InChI is InChI=1S/C14H15N3O3/c1-17(10-12-8-5-9-20-12)14(19)16-15-13(18)11-6-3-2-4-7-11/h2-9H,10H2,1H3,(H,15,18)(H,16,19). The minimum absolute atomic E-state index is 0.319. The predicted octanol–water partition coefficient (Wildman–Crippen LogP) is 1.77. The number of nitrogens with zero attached hydrogens (tertiary/aromatic N) is 1. The zero-order valence-electron chi connectivity index (χ0n) is 11.0. The van der Waals surface area contributed by atoms with Crippen LogP contribution in [-0.4, -0.2) is 23.9 Å². The van der Waals surface area contributed by atoms with Crippen LogP contribution in [0.3, 0.4) is 0 Å². The molecule has 20 heavy (non-hydrogen) atoms. The second-order valence-corrected chi connectivity index (χ2v) is 4.19. The first-order chi connectivity index (χ1) is 9.66. The fourth-order valence-electron chi connectivity index (χ4n) is 1.58. The molecule has 0 unspecified atom stereocenters. The van der Waals surface area contributed by atoms with E-state index in [1.165, 1.54) is 11.2 Å². The first kappa shape index (κ1) is 13.7. The first-order valence-electron chi connectivity index (χ1n) is 6.05. The molecule has 2 rings (SSSR count). The van der Waals surface area contributed by atoms with Crippen molar-refractivity contribution in [3.05, 3.63) is 60.1 Å². The molecule has 6 heteroatoms. The van der Waals surface area contributed by atoms with Gasteiger partial charge in [0.2, 0.25) is 0 Å². The number of carbonyl (C=O) groups is 2. The Bertz CT molecular complexity index is 567. The molecule has 0 atom stereocenters. The Balaban J connectivity index is 1.81. The molecular formula is C14H15N3O3. The van der Waals surface area contributed by atoms with Gasteiger partial charge in [-0.15, -0.1) is 0 Å². The van der Waals surface area contributed by atoms with E-state index < -0.39 is 6.03 Å². The van der Waals surface area contributed by atoms with E-state index in [0.717, 1.165) is 0 Å². The fourth-order valence-corrected chi connectivity index (χ4v) is 1.58. The Morgan fingerprint density at radius 2 is 1.85 bits per heavy atom. The smallest absolute Gasteiger partial charge is 0.336 e. The Hall–Kier alpha value is -2.76. The highest BCUT2D eigenvalue weighted by Gasteiger charge is 2.11. The highest BCUT2D eigenvalue weighted by Crippen LogP contribution is 2.03. The Labute approximate surface area is 116 Å². The van der Waals surface area contributed by atoms with E-state index >= 15 is 0 Å². The number of nitrogens with one attached hydrogen (secondary N) is 2. The molecule has 6 nitrogen and oxygen atoms in total. The van der Waals surface area contributed by atoms with Gasteiger partial charge in [0, 0.05) is 12.6 Å². The summed E-state index contributed by atoms with van der Waals surface area (Å²) in [5.41, 5.74) is 5.16. The molecule has 104 valence electrons. The average molecular weight is 273 g/mol. The van der Waals surface area contributed by atoms with Crippen LogP contribution in [0.5, 0.6) is 0 Å². The first-order valence-corrected chi connectivity index (χ1v) is 6.05. The second kappa shape index (κ2) is 6.42. The van der Waals surface area contributed by atoms with Crippen molar-refractivity contribution in [2.24, 2.45) is 0 Å². The average Bonchev–Trinajstić information content (AvgIpc) is 2.98. The van der Waals surface area contributed by atoms with Crippen LogP contribution in [0.15, 0.2) is 53.1 Å². The number of urea groups is 1. The summed E-state index contributed by atoms with van der Waals surface area (Å²) in [5.74, 6) is 0.294. The third-order valence-electron chi connectivity index (χ3n) is 2.64. The number of rotatable bonds is 3. The van der Waals surface area contributed by atoms with Gasteiger partial charge in [-0.3, -0.25) is 10.2 Å². The second-order valence-electron chi connectivity index (χ2n) is 4.19. The summed E-state index contributed by atoms with van der Waals surface area (Å²) in [4.78, 5) is 24.9. The summed E-state index contributed by atoms with van der Waals surface area (Å²) in [7, 11) is 1.60. The van der Waals surface area contributed by atoms with Gasteiger partial charge >= 0.3 is 6.03 Å². The van der Waals surface area contributed by atoms with E-state index in [1.807, 2.05) is 6.07 Å². The van der Waals surface area contributed by atoms with Gasteiger partial charge in [0.1, 0.15) is 5.76 Å². The van der Waals surface area contributed by atoms with Crippen molar-refractivity contribution in [1.82, 2.24) is 15.8 Å².